The van der Waals surface area contributed by atoms with Gasteiger partial charge in [-0.25, -0.2) is 4.68 Å². The Hall–Kier alpha value is -1.48. The molecule has 0 bridgehead atoms. The molecule has 96 valence electrons. The fourth-order valence-corrected chi connectivity index (χ4v) is 2.24. The molecule has 1 saturated carbocycles. The number of thioether (sulfide) groups is 1. The van der Waals surface area contributed by atoms with E-state index in [4.69, 9.17) is 0 Å². The quantitative estimate of drug-likeness (QED) is 0.706. The molecule has 3 rings (SSSR count). The predicted molar refractivity (Wildman–Crippen MR) is 62.7 cm³/mol. The molecule has 1 fully saturated rings. The van der Waals surface area contributed by atoms with Gasteiger partial charge < -0.3 is 9.84 Å². The largest absolute Gasteiger partial charge is 0.343 e. The van der Waals surface area contributed by atoms with Crippen LogP contribution in [0.1, 0.15) is 18.7 Å². The second kappa shape index (κ2) is 5.44. The molecule has 1 aliphatic rings. The maximum atomic E-state index is 4.67. The Balaban J connectivity index is 1.50. The maximum Gasteiger partial charge on any atom is 0.213 e. The highest BCUT2D eigenvalue weighted by atomic mass is 32.2. The van der Waals surface area contributed by atoms with Crippen molar-refractivity contribution in [2.75, 3.05) is 6.54 Å². The highest BCUT2D eigenvalue weighted by molar-refractivity contribution is 7.98. The Morgan fingerprint density at radius 3 is 3.22 bits per heavy atom. The highest BCUT2D eigenvalue weighted by Gasteiger charge is 2.20. The summed E-state index contributed by atoms with van der Waals surface area (Å²) in [6.07, 6.45) is 3.89. The van der Waals surface area contributed by atoms with Crippen molar-refractivity contribution in [2.24, 2.45) is 0 Å². The number of tetrazole rings is 1. The van der Waals surface area contributed by atoms with E-state index < -0.39 is 0 Å². The molecular formula is C9H13N7OS. The fourth-order valence-electron chi connectivity index (χ4n) is 1.49. The number of nitrogens with zero attached hydrogens (tertiary/aromatic N) is 6. The minimum absolute atomic E-state index is 0.604. The zero-order chi connectivity index (χ0) is 12.2. The Bertz CT molecular complexity index is 481. The summed E-state index contributed by atoms with van der Waals surface area (Å²) >= 11 is 1.50. The first-order chi connectivity index (χ1) is 8.92. The number of hydrogen-bond donors (Lipinski definition) is 1. The van der Waals surface area contributed by atoms with Crippen LogP contribution in [0, 0.1) is 0 Å². The molecule has 8 nitrogen and oxygen atoms in total. The van der Waals surface area contributed by atoms with Crippen LogP contribution in [0.15, 0.2) is 16.1 Å². The summed E-state index contributed by atoms with van der Waals surface area (Å²) in [7, 11) is 0. The minimum atomic E-state index is 0.604. The molecule has 18 heavy (non-hydrogen) atoms. The van der Waals surface area contributed by atoms with Crippen molar-refractivity contribution in [3.63, 3.8) is 0 Å². The third-order valence-corrected chi connectivity index (χ3v) is 3.52. The third kappa shape index (κ3) is 3.05. The summed E-state index contributed by atoms with van der Waals surface area (Å²) in [5, 5.41) is 19.6. The van der Waals surface area contributed by atoms with Gasteiger partial charge in [-0.15, -0.1) is 5.10 Å². The molecule has 0 spiro atoms. The van der Waals surface area contributed by atoms with Crippen molar-refractivity contribution in [3.05, 3.63) is 12.2 Å². The topological polar surface area (TPSA) is 94.5 Å². The van der Waals surface area contributed by atoms with Crippen molar-refractivity contribution in [1.82, 2.24) is 35.7 Å². The Labute approximate surface area is 108 Å². The smallest absolute Gasteiger partial charge is 0.213 e. The molecule has 0 aliphatic heterocycles. The van der Waals surface area contributed by atoms with Crippen molar-refractivity contribution in [1.29, 1.82) is 0 Å². The van der Waals surface area contributed by atoms with Gasteiger partial charge in [0.2, 0.25) is 11.6 Å². The summed E-state index contributed by atoms with van der Waals surface area (Å²) in [5.41, 5.74) is 0. The van der Waals surface area contributed by atoms with Crippen LogP contribution in [0.2, 0.25) is 0 Å². The second-order valence-electron chi connectivity index (χ2n) is 4.05. The predicted octanol–water partition coefficient (Wildman–Crippen LogP) is 0.100. The second-order valence-corrected chi connectivity index (χ2v) is 4.99. The van der Waals surface area contributed by atoms with Crippen LogP contribution in [0.4, 0.5) is 0 Å². The normalized spacial score (nSPS) is 15.1. The van der Waals surface area contributed by atoms with E-state index in [1.165, 1.54) is 31.0 Å². The van der Waals surface area contributed by atoms with Gasteiger partial charge in [0.1, 0.15) is 0 Å². The number of hydrogen-bond acceptors (Lipinski definition) is 8. The van der Waals surface area contributed by atoms with E-state index in [-0.39, 0.29) is 0 Å². The van der Waals surface area contributed by atoms with Gasteiger partial charge in [-0.05, 0) is 23.3 Å². The van der Waals surface area contributed by atoms with Crippen LogP contribution in [-0.4, -0.2) is 42.9 Å². The van der Waals surface area contributed by atoms with E-state index in [9.17, 15) is 0 Å². The molecule has 9 heteroatoms. The van der Waals surface area contributed by atoms with E-state index in [1.807, 2.05) is 0 Å². The highest BCUT2D eigenvalue weighted by Crippen LogP contribution is 2.19. The van der Waals surface area contributed by atoms with Gasteiger partial charge in [0, 0.05) is 12.6 Å². The van der Waals surface area contributed by atoms with Crippen LogP contribution < -0.4 is 5.32 Å². The Kier molecular flexibility index (Phi) is 3.51. The molecule has 1 aliphatic carbocycles. The van der Waals surface area contributed by atoms with Crippen molar-refractivity contribution >= 4 is 11.8 Å². The fraction of sp³-hybridized carbons (Fsp3) is 0.667. The lowest BCUT2D eigenvalue weighted by molar-refractivity contribution is 0.412. The van der Waals surface area contributed by atoms with Crippen molar-refractivity contribution < 1.29 is 4.52 Å². The molecule has 2 aromatic heterocycles. The van der Waals surface area contributed by atoms with Crippen LogP contribution in [-0.2, 0) is 12.3 Å². The molecule has 2 heterocycles. The summed E-state index contributed by atoms with van der Waals surface area (Å²) in [5.74, 6) is 1.25. The van der Waals surface area contributed by atoms with Gasteiger partial charge in [-0.3, -0.25) is 0 Å². The first kappa shape index (κ1) is 11.6. The van der Waals surface area contributed by atoms with Gasteiger partial charge >= 0.3 is 0 Å². The SMILES string of the molecule is c1nc(CSc2nnnn2CCNC2CC2)no1. The van der Waals surface area contributed by atoms with Gasteiger partial charge in [-0.1, -0.05) is 16.9 Å². The average molecular weight is 267 g/mol. The van der Waals surface area contributed by atoms with E-state index in [1.54, 1.807) is 4.68 Å². The molecule has 0 saturated heterocycles. The zero-order valence-corrected chi connectivity index (χ0v) is 10.5. The molecular weight excluding hydrogens is 254 g/mol. The van der Waals surface area contributed by atoms with Crippen LogP contribution >= 0.6 is 11.8 Å². The Morgan fingerprint density at radius 1 is 1.50 bits per heavy atom. The monoisotopic (exact) mass is 267 g/mol. The van der Waals surface area contributed by atoms with E-state index >= 15 is 0 Å². The van der Waals surface area contributed by atoms with E-state index in [2.05, 4.69) is 35.5 Å². The number of nitrogens with one attached hydrogen (secondary N) is 1. The summed E-state index contributed by atoms with van der Waals surface area (Å²) < 4.78 is 6.46. The molecule has 2 aromatic rings. The summed E-state index contributed by atoms with van der Waals surface area (Å²) in [6, 6.07) is 0.705. The zero-order valence-electron chi connectivity index (χ0n) is 9.69. The van der Waals surface area contributed by atoms with Gasteiger partial charge in [0.25, 0.3) is 0 Å². The van der Waals surface area contributed by atoms with E-state index in [0.29, 0.717) is 17.6 Å². The molecule has 0 amide bonds. The summed E-state index contributed by atoms with van der Waals surface area (Å²) in [6.45, 7) is 1.67. The molecule has 0 unspecified atom stereocenters. The van der Waals surface area contributed by atoms with Crippen molar-refractivity contribution in [3.8, 4) is 0 Å². The van der Waals surface area contributed by atoms with Crippen LogP contribution in [0.25, 0.3) is 0 Å². The van der Waals surface area contributed by atoms with E-state index in [0.717, 1.165) is 18.2 Å². The maximum absolute atomic E-state index is 4.67. The Morgan fingerprint density at radius 2 is 2.44 bits per heavy atom. The van der Waals surface area contributed by atoms with Crippen LogP contribution in [0.5, 0.6) is 0 Å². The third-order valence-electron chi connectivity index (χ3n) is 2.57. The molecule has 0 atom stereocenters. The lowest BCUT2D eigenvalue weighted by atomic mass is 10.6. The standard InChI is InChI=1S/C9H13N7OS/c1-2-7(1)10-3-4-16-9(12-14-15-16)18-5-8-11-6-17-13-8/h6-7,10H,1-5H2. The molecule has 1 N–H and O–H groups in total. The summed E-state index contributed by atoms with van der Waals surface area (Å²) in [4.78, 5) is 3.95. The van der Waals surface area contributed by atoms with Gasteiger partial charge in [-0.2, -0.15) is 4.98 Å². The number of rotatable bonds is 7. The minimum Gasteiger partial charge on any atom is -0.343 e. The van der Waals surface area contributed by atoms with Crippen LogP contribution in [0.3, 0.4) is 0 Å². The number of aromatic nitrogens is 6. The first-order valence-electron chi connectivity index (χ1n) is 5.79. The van der Waals surface area contributed by atoms with Gasteiger partial charge in [0.15, 0.2) is 5.82 Å². The molecule has 0 radical (unpaired) electrons. The lowest BCUT2D eigenvalue weighted by Crippen LogP contribution is -2.22. The van der Waals surface area contributed by atoms with Crippen molar-refractivity contribution in [2.45, 2.75) is 36.3 Å². The van der Waals surface area contributed by atoms with Gasteiger partial charge in [0.05, 0.1) is 12.3 Å². The lowest BCUT2D eigenvalue weighted by Gasteiger charge is -2.04. The average Bonchev–Trinajstić information content (AvgIpc) is 2.90. The first-order valence-corrected chi connectivity index (χ1v) is 6.78. The molecule has 0 aromatic carbocycles.